The lowest BCUT2D eigenvalue weighted by Gasteiger charge is -2.11. The Balaban J connectivity index is 3.75. The molecule has 1 atom stereocenters. The highest BCUT2D eigenvalue weighted by atomic mass is 16.5. The second-order valence-corrected chi connectivity index (χ2v) is 2.41. The van der Waals surface area contributed by atoms with Crippen LogP contribution in [-0.2, 0) is 14.3 Å². The van der Waals surface area contributed by atoms with Crippen molar-refractivity contribution in [3.05, 3.63) is 25.3 Å². The summed E-state index contributed by atoms with van der Waals surface area (Å²) in [4.78, 5) is 11.0. The van der Waals surface area contributed by atoms with Gasteiger partial charge in [0.2, 0.25) is 0 Å². The highest BCUT2D eigenvalue weighted by Gasteiger charge is 2.10. The number of carbonyl (C=O) groups excluding carboxylic acids is 1. The van der Waals surface area contributed by atoms with Gasteiger partial charge in [-0.25, -0.2) is 0 Å². The van der Waals surface area contributed by atoms with Crippen molar-refractivity contribution in [2.45, 2.75) is 19.4 Å². The van der Waals surface area contributed by atoms with Gasteiger partial charge in [-0.1, -0.05) is 12.2 Å². The maximum Gasteiger partial charge on any atom is 0.308 e. The van der Waals surface area contributed by atoms with Gasteiger partial charge in [0, 0.05) is 0 Å². The van der Waals surface area contributed by atoms with E-state index in [0.29, 0.717) is 13.2 Å². The van der Waals surface area contributed by atoms with Crippen molar-refractivity contribution in [3.63, 3.8) is 0 Å². The summed E-state index contributed by atoms with van der Waals surface area (Å²) in [6.45, 7) is 9.64. The van der Waals surface area contributed by atoms with Crippen molar-refractivity contribution < 1.29 is 14.3 Å². The molecule has 0 aliphatic rings. The first-order chi connectivity index (χ1) is 6.24. The predicted octanol–water partition coefficient (Wildman–Crippen LogP) is 1.70. The molecule has 74 valence electrons. The molecule has 0 amide bonds. The van der Waals surface area contributed by atoms with Crippen LogP contribution in [0.25, 0.3) is 0 Å². The molecule has 3 nitrogen and oxygen atoms in total. The molecule has 0 N–H and O–H groups in total. The molecule has 3 heteroatoms. The first-order valence-corrected chi connectivity index (χ1v) is 4.25. The van der Waals surface area contributed by atoms with Crippen molar-refractivity contribution >= 4 is 5.97 Å². The van der Waals surface area contributed by atoms with Crippen LogP contribution < -0.4 is 0 Å². The predicted molar refractivity (Wildman–Crippen MR) is 51.4 cm³/mol. The standard InChI is InChI=1S/C10H16O3/c1-4-7-13-9(5-2)8-10(11)12-6-3/h4-5,9H,1-2,6-8H2,3H3. The molecule has 0 rings (SSSR count). The van der Waals surface area contributed by atoms with Crippen LogP contribution in [-0.4, -0.2) is 25.3 Å². The zero-order valence-corrected chi connectivity index (χ0v) is 7.99. The Morgan fingerprint density at radius 3 is 2.69 bits per heavy atom. The third-order valence-corrected chi connectivity index (χ3v) is 1.36. The average molecular weight is 184 g/mol. The van der Waals surface area contributed by atoms with Gasteiger partial charge in [0.15, 0.2) is 0 Å². The van der Waals surface area contributed by atoms with Crippen LogP contribution in [0.2, 0.25) is 0 Å². The van der Waals surface area contributed by atoms with Crippen LogP contribution in [0, 0.1) is 0 Å². The molecule has 0 fully saturated rings. The molecular formula is C10H16O3. The van der Waals surface area contributed by atoms with Crippen molar-refractivity contribution in [2.24, 2.45) is 0 Å². The molecule has 0 saturated heterocycles. The third kappa shape index (κ3) is 6.11. The second kappa shape index (κ2) is 7.55. The van der Waals surface area contributed by atoms with Crippen molar-refractivity contribution in [1.82, 2.24) is 0 Å². The van der Waals surface area contributed by atoms with E-state index in [1.165, 1.54) is 0 Å². The zero-order chi connectivity index (χ0) is 10.1. The number of hydrogen-bond donors (Lipinski definition) is 0. The summed E-state index contributed by atoms with van der Waals surface area (Å²) in [6, 6.07) is 0. The van der Waals surface area contributed by atoms with E-state index in [2.05, 4.69) is 13.2 Å². The maximum absolute atomic E-state index is 11.0. The second-order valence-electron chi connectivity index (χ2n) is 2.41. The Kier molecular flexibility index (Phi) is 6.92. The summed E-state index contributed by atoms with van der Waals surface area (Å²) in [5, 5.41) is 0. The van der Waals surface area contributed by atoms with Gasteiger partial charge in [-0.05, 0) is 6.92 Å². The Hall–Kier alpha value is -1.09. The maximum atomic E-state index is 11.0. The van der Waals surface area contributed by atoms with Crippen LogP contribution in [0.3, 0.4) is 0 Å². The molecule has 0 aromatic rings. The largest absolute Gasteiger partial charge is 0.466 e. The van der Waals surface area contributed by atoms with Crippen LogP contribution in [0.15, 0.2) is 25.3 Å². The molecule has 0 aromatic heterocycles. The minimum Gasteiger partial charge on any atom is -0.466 e. The number of rotatable bonds is 7. The quantitative estimate of drug-likeness (QED) is 0.446. The van der Waals surface area contributed by atoms with Crippen molar-refractivity contribution in [1.29, 1.82) is 0 Å². The molecule has 0 aliphatic heterocycles. The van der Waals surface area contributed by atoms with Crippen LogP contribution in [0.5, 0.6) is 0 Å². The van der Waals surface area contributed by atoms with Gasteiger partial charge in [0.05, 0.1) is 25.7 Å². The normalized spacial score (nSPS) is 11.8. The third-order valence-electron chi connectivity index (χ3n) is 1.36. The molecule has 0 aliphatic carbocycles. The Morgan fingerprint density at radius 1 is 1.54 bits per heavy atom. The smallest absolute Gasteiger partial charge is 0.308 e. The van der Waals surface area contributed by atoms with Crippen LogP contribution >= 0.6 is 0 Å². The van der Waals surface area contributed by atoms with Crippen molar-refractivity contribution in [3.8, 4) is 0 Å². The molecule has 0 bridgehead atoms. The van der Waals surface area contributed by atoms with E-state index in [9.17, 15) is 4.79 Å². The molecule has 0 saturated carbocycles. The molecule has 13 heavy (non-hydrogen) atoms. The summed E-state index contributed by atoms with van der Waals surface area (Å²) in [5.74, 6) is -0.267. The molecular weight excluding hydrogens is 168 g/mol. The first kappa shape index (κ1) is 11.9. The first-order valence-electron chi connectivity index (χ1n) is 4.25. The van der Waals surface area contributed by atoms with E-state index in [1.807, 2.05) is 0 Å². The van der Waals surface area contributed by atoms with Gasteiger partial charge in [-0.2, -0.15) is 0 Å². The van der Waals surface area contributed by atoms with Gasteiger partial charge < -0.3 is 9.47 Å². The highest BCUT2D eigenvalue weighted by molar-refractivity contribution is 5.70. The highest BCUT2D eigenvalue weighted by Crippen LogP contribution is 2.01. The Bertz CT molecular complexity index is 175. The van der Waals surface area contributed by atoms with Crippen molar-refractivity contribution in [2.75, 3.05) is 13.2 Å². The average Bonchev–Trinajstić information content (AvgIpc) is 2.12. The number of hydrogen-bond acceptors (Lipinski definition) is 3. The molecule has 0 radical (unpaired) electrons. The minimum atomic E-state index is -0.281. The molecule has 0 aromatic carbocycles. The van der Waals surface area contributed by atoms with E-state index in [-0.39, 0.29) is 18.5 Å². The lowest BCUT2D eigenvalue weighted by atomic mass is 10.2. The summed E-state index contributed by atoms with van der Waals surface area (Å²) >= 11 is 0. The fourth-order valence-corrected chi connectivity index (χ4v) is 0.786. The van der Waals surface area contributed by atoms with Gasteiger partial charge in [-0.3, -0.25) is 4.79 Å². The van der Waals surface area contributed by atoms with E-state index >= 15 is 0 Å². The van der Waals surface area contributed by atoms with E-state index in [0.717, 1.165) is 0 Å². The fraction of sp³-hybridized carbons (Fsp3) is 0.500. The SMILES string of the molecule is C=CCOC(C=C)CC(=O)OCC. The number of esters is 1. The van der Waals surface area contributed by atoms with Crippen LogP contribution in [0.1, 0.15) is 13.3 Å². The Morgan fingerprint density at radius 2 is 2.23 bits per heavy atom. The molecule has 0 heterocycles. The summed E-state index contributed by atoms with van der Waals surface area (Å²) in [7, 11) is 0. The minimum absolute atomic E-state index is 0.213. The zero-order valence-electron chi connectivity index (χ0n) is 7.99. The lowest BCUT2D eigenvalue weighted by Crippen LogP contribution is -2.17. The monoisotopic (exact) mass is 184 g/mol. The van der Waals surface area contributed by atoms with Gasteiger partial charge in [-0.15, -0.1) is 13.2 Å². The van der Waals surface area contributed by atoms with E-state index in [1.54, 1.807) is 19.1 Å². The van der Waals surface area contributed by atoms with Crippen LogP contribution in [0.4, 0.5) is 0 Å². The number of ether oxygens (including phenoxy) is 2. The summed E-state index contributed by atoms with van der Waals surface area (Å²) in [6.07, 6.45) is 3.14. The van der Waals surface area contributed by atoms with Gasteiger partial charge >= 0.3 is 5.97 Å². The lowest BCUT2D eigenvalue weighted by molar-refractivity contribution is -0.145. The molecule has 1 unspecified atom stereocenters. The number of carbonyl (C=O) groups is 1. The molecule has 0 spiro atoms. The summed E-state index contributed by atoms with van der Waals surface area (Å²) < 4.78 is 9.98. The van der Waals surface area contributed by atoms with E-state index in [4.69, 9.17) is 9.47 Å². The van der Waals surface area contributed by atoms with Gasteiger partial charge in [0.1, 0.15) is 0 Å². The summed E-state index contributed by atoms with van der Waals surface area (Å²) in [5.41, 5.74) is 0. The van der Waals surface area contributed by atoms with E-state index < -0.39 is 0 Å². The fourth-order valence-electron chi connectivity index (χ4n) is 0.786. The Labute approximate surface area is 79.0 Å². The topological polar surface area (TPSA) is 35.5 Å². The van der Waals surface area contributed by atoms with Gasteiger partial charge in [0.25, 0.3) is 0 Å².